The summed E-state index contributed by atoms with van der Waals surface area (Å²) in [5.74, 6) is 0.192. The van der Waals surface area contributed by atoms with Crippen molar-refractivity contribution in [3.8, 4) is 5.75 Å². The summed E-state index contributed by atoms with van der Waals surface area (Å²) in [6.45, 7) is 2.03. The molecular weight excluding hydrogens is 263 g/mol. The smallest absolute Gasteiger partial charge is 0.416 e. The van der Waals surface area contributed by atoms with Gasteiger partial charge in [0.1, 0.15) is 17.4 Å². The molecule has 0 spiro atoms. The van der Waals surface area contributed by atoms with Gasteiger partial charge in [0, 0.05) is 11.1 Å². The van der Waals surface area contributed by atoms with Crippen molar-refractivity contribution in [2.24, 2.45) is 0 Å². The SMILES string of the molecule is Cc1csc(COc2cccc(C(F)(F)F)c2)n1. The molecule has 2 rings (SSSR count). The molecule has 1 aromatic heterocycles. The summed E-state index contributed by atoms with van der Waals surface area (Å²) < 4.78 is 42.7. The minimum Gasteiger partial charge on any atom is -0.486 e. The molecule has 0 saturated heterocycles. The van der Waals surface area contributed by atoms with Gasteiger partial charge in [-0.1, -0.05) is 6.07 Å². The zero-order chi connectivity index (χ0) is 13.2. The van der Waals surface area contributed by atoms with Gasteiger partial charge in [-0.3, -0.25) is 0 Å². The Kier molecular flexibility index (Phi) is 3.56. The van der Waals surface area contributed by atoms with Crippen LogP contribution in [-0.2, 0) is 12.8 Å². The van der Waals surface area contributed by atoms with Crippen molar-refractivity contribution in [3.05, 3.63) is 45.9 Å². The summed E-state index contributed by atoms with van der Waals surface area (Å²) in [6, 6.07) is 4.82. The first-order valence-electron chi connectivity index (χ1n) is 5.16. The Hall–Kier alpha value is -1.56. The fourth-order valence-electron chi connectivity index (χ4n) is 1.38. The second kappa shape index (κ2) is 4.97. The molecule has 0 aliphatic carbocycles. The molecule has 2 nitrogen and oxygen atoms in total. The van der Waals surface area contributed by atoms with E-state index >= 15 is 0 Å². The average Bonchev–Trinajstić information content (AvgIpc) is 2.72. The summed E-state index contributed by atoms with van der Waals surface area (Å²) in [7, 11) is 0. The lowest BCUT2D eigenvalue weighted by atomic mass is 10.2. The number of aryl methyl sites for hydroxylation is 1. The van der Waals surface area contributed by atoms with E-state index in [-0.39, 0.29) is 12.4 Å². The normalized spacial score (nSPS) is 11.6. The Morgan fingerprint density at radius 1 is 1.33 bits per heavy atom. The van der Waals surface area contributed by atoms with Crippen LogP contribution >= 0.6 is 11.3 Å². The van der Waals surface area contributed by atoms with Gasteiger partial charge in [0.05, 0.1) is 5.56 Å². The Labute approximate surface area is 106 Å². The predicted molar refractivity (Wildman–Crippen MR) is 62.6 cm³/mol. The van der Waals surface area contributed by atoms with Crippen LogP contribution in [0.2, 0.25) is 0 Å². The van der Waals surface area contributed by atoms with Crippen LogP contribution in [-0.4, -0.2) is 4.98 Å². The maximum Gasteiger partial charge on any atom is 0.416 e. The summed E-state index contributed by atoms with van der Waals surface area (Å²) in [5.41, 5.74) is 0.165. The van der Waals surface area contributed by atoms with Gasteiger partial charge >= 0.3 is 6.18 Å². The first-order chi connectivity index (χ1) is 8.45. The molecule has 0 N–H and O–H groups in total. The zero-order valence-corrected chi connectivity index (χ0v) is 10.3. The van der Waals surface area contributed by atoms with Gasteiger partial charge in [-0.05, 0) is 25.1 Å². The van der Waals surface area contributed by atoms with E-state index in [2.05, 4.69) is 4.98 Å². The van der Waals surface area contributed by atoms with E-state index in [9.17, 15) is 13.2 Å². The molecule has 2 aromatic rings. The number of aromatic nitrogens is 1. The lowest BCUT2D eigenvalue weighted by Gasteiger charge is -2.09. The molecule has 0 fully saturated rings. The fraction of sp³-hybridized carbons (Fsp3) is 0.250. The molecule has 0 atom stereocenters. The molecule has 1 heterocycles. The van der Waals surface area contributed by atoms with Crippen LogP contribution in [0, 0.1) is 6.92 Å². The van der Waals surface area contributed by atoms with Crippen LogP contribution in [0.15, 0.2) is 29.6 Å². The number of thiazole rings is 1. The zero-order valence-electron chi connectivity index (χ0n) is 9.49. The highest BCUT2D eigenvalue weighted by Crippen LogP contribution is 2.31. The summed E-state index contributed by atoms with van der Waals surface area (Å²) in [4.78, 5) is 4.17. The molecule has 0 aliphatic heterocycles. The molecule has 0 saturated carbocycles. The largest absolute Gasteiger partial charge is 0.486 e. The van der Waals surface area contributed by atoms with Crippen molar-refractivity contribution in [1.29, 1.82) is 0 Å². The number of benzene rings is 1. The van der Waals surface area contributed by atoms with E-state index in [1.54, 1.807) is 0 Å². The molecule has 96 valence electrons. The molecule has 0 unspecified atom stereocenters. The first kappa shape index (κ1) is 12.9. The number of rotatable bonds is 3. The molecule has 18 heavy (non-hydrogen) atoms. The monoisotopic (exact) mass is 273 g/mol. The maximum absolute atomic E-state index is 12.5. The third-order valence-corrected chi connectivity index (χ3v) is 3.13. The molecular formula is C12H10F3NOS. The highest BCUT2D eigenvalue weighted by molar-refractivity contribution is 7.09. The van der Waals surface area contributed by atoms with E-state index in [1.165, 1.54) is 23.5 Å². The lowest BCUT2D eigenvalue weighted by Crippen LogP contribution is -2.05. The van der Waals surface area contributed by atoms with Crippen LogP contribution in [0.5, 0.6) is 5.75 Å². The van der Waals surface area contributed by atoms with Crippen LogP contribution in [0.4, 0.5) is 13.2 Å². The second-order valence-corrected chi connectivity index (χ2v) is 4.64. The van der Waals surface area contributed by atoms with E-state index in [1.807, 2.05) is 12.3 Å². The maximum atomic E-state index is 12.5. The fourth-order valence-corrected chi connectivity index (χ4v) is 2.06. The number of ether oxygens (including phenoxy) is 1. The second-order valence-electron chi connectivity index (χ2n) is 3.70. The predicted octanol–water partition coefficient (Wildman–Crippen LogP) is 4.05. The first-order valence-corrected chi connectivity index (χ1v) is 6.04. The van der Waals surface area contributed by atoms with Gasteiger partial charge in [0.2, 0.25) is 0 Å². The van der Waals surface area contributed by atoms with E-state index in [4.69, 9.17) is 4.74 Å². The quantitative estimate of drug-likeness (QED) is 0.841. The topological polar surface area (TPSA) is 22.1 Å². The highest BCUT2D eigenvalue weighted by atomic mass is 32.1. The number of alkyl halides is 3. The lowest BCUT2D eigenvalue weighted by molar-refractivity contribution is -0.137. The van der Waals surface area contributed by atoms with Gasteiger partial charge < -0.3 is 4.74 Å². The van der Waals surface area contributed by atoms with E-state index in [0.717, 1.165) is 22.8 Å². The van der Waals surface area contributed by atoms with Gasteiger partial charge in [-0.2, -0.15) is 13.2 Å². The van der Waals surface area contributed by atoms with Crippen molar-refractivity contribution in [2.75, 3.05) is 0 Å². The highest BCUT2D eigenvalue weighted by Gasteiger charge is 2.30. The van der Waals surface area contributed by atoms with Crippen LogP contribution < -0.4 is 4.74 Å². The van der Waals surface area contributed by atoms with Crippen LogP contribution in [0.3, 0.4) is 0 Å². The molecule has 0 amide bonds. The van der Waals surface area contributed by atoms with Gasteiger partial charge in [0.15, 0.2) is 0 Å². The summed E-state index contributed by atoms with van der Waals surface area (Å²) in [6.07, 6.45) is -4.35. The van der Waals surface area contributed by atoms with Crippen LogP contribution in [0.1, 0.15) is 16.3 Å². The Bertz CT molecular complexity index is 536. The molecule has 0 radical (unpaired) electrons. The Morgan fingerprint density at radius 3 is 2.72 bits per heavy atom. The van der Waals surface area contributed by atoms with Crippen molar-refractivity contribution in [1.82, 2.24) is 4.98 Å². The Balaban J connectivity index is 2.06. The number of nitrogens with zero attached hydrogens (tertiary/aromatic N) is 1. The number of hydrogen-bond acceptors (Lipinski definition) is 3. The van der Waals surface area contributed by atoms with Crippen molar-refractivity contribution in [2.45, 2.75) is 19.7 Å². The summed E-state index contributed by atoms with van der Waals surface area (Å²) >= 11 is 1.42. The van der Waals surface area contributed by atoms with Crippen molar-refractivity contribution in [3.63, 3.8) is 0 Å². The van der Waals surface area contributed by atoms with Crippen molar-refractivity contribution < 1.29 is 17.9 Å². The standard InChI is InChI=1S/C12H10F3NOS/c1-8-7-18-11(16-8)6-17-10-4-2-3-9(5-10)12(13,14)15/h2-5,7H,6H2,1H3. The minimum absolute atomic E-state index is 0.180. The third kappa shape index (κ3) is 3.22. The molecule has 0 bridgehead atoms. The number of hydrogen-bond donors (Lipinski definition) is 0. The van der Waals surface area contributed by atoms with Gasteiger partial charge in [-0.25, -0.2) is 4.98 Å². The molecule has 0 aliphatic rings. The van der Waals surface area contributed by atoms with E-state index < -0.39 is 11.7 Å². The minimum atomic E-state index is -4.35. The Morgan fingerprint density at radius 2 is 2.11 bits per heavy atom. The van der Waals surface area contributed by atoms with Crippen LogP contribution in [0.25, 0.3) is 0 Å². The van der Waals surface area contributed by atoms with Gasteiger partial charge in [0.25, 0.3) is 0 Å². The summed E-state index contributed by atoms with van der Waals surface area (Å²) in [5, 5.41) is 2.61. The van der Waals surface area contributed by atoms with E-state index in [0.29, 0.717) is 0 Å². The third-order valence-electron chi connectivity index (χ3n) is 2.19. The number of halogens is 3. The average molecular weight is 273 g/mol. The van der Waals surface area contributed by atoms with Crippen molar-refractivity contribution >= 4 is 11.3 Å². The van der Waals surface area contributed by atoms with Gasteiger partial charge in [-0.15, -0.1) is 11.3 Å². The molecule has 6 heteroatoms. The molecule has 1 aromatic carbocycles.